The Kier molecular flexibility index (Phi) is 6.04. The molecule has 130 valence electrons. The molecule has 4 unspecified atom stereocenters. The second-order valence-electron chi connectivity index (χ2n) is 6.18. The molecule has 4 atom stereocenters. The number of nitrogens with zero attached hydrogens (tertiary/aromatic N) is 3. The van der Waals surface area contributed by atoms with E-state index in [1.165, 1.54) is 12.1 Å². The van der Waals surface area contributed by atoms with Crippen LogP contribution in [-0.4, -0.2) is 29.3 Å². The van der Waals surface area contributed by atoms with Gasteiger partial charge in [-0.3, -0.25) is 4.79 Å². The third kappa shape index (κ3) is 4.17. The van der Waals surface area contributed by atoms with Crippen molar-refractivity contribution in [2.45, 2.75) is 50.9 Å². The summed E-state index contributed by atoms with van der Waals surface area (Å²) in [5, 5.41) is 12.9. The van der Waals surface area contributed by atoms with Gasteiger partial charge in [0.1, 0.15) is 11.9 Å². The molecule has 1 aliphatic heterocycles. The lowest BCUT2D eigenvalue weighted by atomic mass is 9.74. The van der Waals surface area contributed by atoms with Gasteiger partial charge >= 0.3 is 5.97 Å². The van der Waals surface area contributed by atoms with E-state index >= 15 is 0 Å². The minimum atomic E-state index is -1.32. The molecule has 1 aromatic rings. The molecule has 0 amide bonds. The molecule has 0 aliphatic carbocycles. The van der Waals surface area contributed by atoms with Crippen LogP contribution in [0.3, 0.4) is 0 Å². The van der Waals surface area contributed by atoms with Crippen molar-refractivity contribution in [3.63, 3.8) is 0 Å². The number of azide groups is 1. The van der Waals surface area contributed by atoms with Gasteiger partial charge in [-0.15, -0.1) is 0 Å². The zero-order valence-corrected chi connectivity index (χ0v) is 14.2. The number of carboxylic acids is 1. The summed E-state index contributed by atoms with van der Waals surface area (Å²) in [5.74, 6) is -2.63. The number of hydrogen-bond acceptors (Lipinski definition) is 3. The second-order valence-corrected chi connectivity index (χ2v) is 6.58. The Hall–Kier alpha value is -1.82. The molecule has 2 rings (SSSR count). The Morgan fingerprint density at radius 1 is 1.46 bits per heavy atom. The summed E-state index contributed by atoms with van der Waals surface area (Å²) in [5.41, 5.74) is 9.22. The lowest BCUT2D eigenvalue weighted by molar-refractivity contribution is -0.140. The fourth-order valence-corrected chi connectivity index (χ4v) is 3.63. The number of rotatable bonds is 5. The average Bonchev–Trinajstić information content (AvgIpc) is 2.49. The van der Waals surface area contributed by atoms with Gasteiger partial charge in [-0.2, -0.15) is 0 Å². The van der Waals surface area contributed by atoms with Gasteiger partial charge in [-0.25, -0.2) is 4.39 Å². The highest BCUT2D eigenvalue weighted by atomic mass is 35.5. The van der Waals surface area contributed by atoms with Crippen LogP contribution in [0, 0.1) is 11.7 Å². The van der Waals surface area contributed by atoms with Gasteiger partial charge in [-0.1, -0.05) is 22.8 Å². The normalized spacial score (nSPS) is 26.2. The maximum absolute atomic E-state index is 13.9. The summed E-state index contributed by atoms with van der Waals surface area (Å²) in [7, 11) is 0. The first-order chi connectivity index (χ1) is 11.3. The fraction of sp³-hybridized carbons (Fsp3) is 0.562. The van der Waals surface area contributed by atoms with Crippen LogP contribution in [0.25, 0.3) is 10.4 Å². The first kappa shape index (κ1) is 18.5. The topological polar surface area (TPSA) is 95.3 Å². The monoisotopic (exact) mass is 355 g/mol. The standard InChI is InChI=1S/C16H19ClFN3O3/c1-8-5-11(6-9(2)24-8)14(15(16(22)23)20-21-19)10-3-4-12(17)13(18)7-10/h3-4,7-9,11,14-15H,5-6H2,1-2H3,(H,22,23). The Morgan fingerprint density at radius 3 is 2.58 bits per heavy atom. The third-order valence-corrected chi connectivity index (χ3v) is 4.65. The van der Waals surface area contributed by atoms with Crippen LogP contribution in [-0.2, 0) is 9.53 Å². The van der Waals surface area contributed by atoms with Crippen LogP contribution in [0.1, 0.15) is 38.2 Å². The minimum Gasteiger partial charge on any atom is -0.481 e. The minimum absolute atomic E-state index is 0.0399. The molecule has 1 aliphatic rings. The van der Waals surface area contributed by atoms with E-state index in [1.807, 2.05) is 13.8 Å². The van der Waals surface area contributed by atoms with Gasteiger partial charge in [0.15, 0.2) is 0 Å². The van der Waals surface area contributed by atoms with E-state index in [2.05, 4.69) is 10.0 Å². The van der Waals surface area contributed by atoms with Crippen LogP contribution >= 0.6 is 11.6 Å². The molecule has 24 heavy (non-hydrogen) atoms. The van der Waals surface area contributed by atoms with Crippen LogP contribution in [0.15, 0.2) is 23.3 Å². The largest absolute Gasteiger partial charge is 0.481 e. The van der Waals surface area contributed by atoms with Crippen molar-refractivity contribution < 1.29 is 19.0 Å². The van der Waals surface area contributed by atoms with Gasteiger partial charge in [0.25, 0.3) is 0 Å². The van der Waals surface area contributed by atoms with Crippen molar-refractivity contribution in [1.82, 2.24) is 0 Å². The molecule has 1 fully saturated rings. The Bertz CT molecular complexity index is 654. The number of ether oxygens (including phenoxy) is 1. The molecule has 6 nitrogen and oxygen atoms in total. The first-order valence-corrected chi connectivity index (χ1v) is 8.08. The molecule has 1 heterocycles. The summed E-state index contributed by atoms with van der Waals surface area (Å²) in [6, 6.07) is 2.88. The van der Waals surface area contributed by atoms with Crippen molar-refractivity contribution in [2.75, 3.05) is 0 Å². The zero-order chi connectivity index (χ0) is 17.9. The molecule has 0 saturated carbocycles. The SMILES string of the molecule is CC1CC(C(c2ccc(Cl)c(F)c2)C(N=[N+]=[N-])C(=O)O)CC(C)O1. The van der Waals surface area contributed by atoms with E-state index in [4.69, 9.17) is 21.9 Å². The molecule has 0 radical (unpaired) electrons. The van der Waals surface area contributed by atoms with Crippen molar-refractivity contribution in [3.8, 4) is 0 Å². The molecule has 1 N–H and O–H groups in total. The number of carboxylic acid groups (broad SMARTS) is 1. The summed E-state index contributed by atoms with van der Waals surface area (Å²) < 4.78 is 19.6. The van der Waals surface area contributed by atoms with Gasteiger partial charge in [-0.05, 0) is 55.8 Å². The Morgan fingerprint density at radius 2 is 2.08 bits per heavy atom. The van der Waals surface area contributed by atoms with Crippen molar-refractivity contribution in [3.05, 3.63) is 45.0 Å². The van der Waals surface area contributed by atoms with Crippen LogP contribution in [0.4, 0.5) is 4.39 Å². The van der Waals surface area contributed by atoms with Gasteiger partial charge < -0.3 is 9.84 Å². The summed E-state index contributed by atoms with van der Waals surface area (Å²) in [6.07, 6.45) is 1.09. The molecule has 1 saturated heterocycles. The number of hydrogen-bond donors (Lipinski definition) is 1. The van der Waals surface area contributed by atoms with E-state index in [-0.39, 0.29) is 23.1 Å². The summed E-state index contributed by atoms with van der Waals surface area (Å²) in [4.78, 5) is 14.3. The lowest BCUT2D eigenvalue weighted by Gasteiger charge is -2.38. The van der Waals surface area contributed by atoms with Gasteiger partial charge in [0, 0.05) is 10.8 Å². The van der Waals surface area contributed by atoms with E-state index in [1.54, 1.807) is 6.07 Å². The third-order valence-electron chi connectivity index (χ3n) is 4.34. The molecule has 0 bridgehead atoms. The smallest absolute Gasteiger partial charge is 0.313 e. The maximum atomic E-state index is 13.9. The highest BCUT2D eigenvalue weighted by Gasteiger charge is 2.39. The predicted molar refractivity (Wildman–Crippen MR) is 87.5 cm³/mol. The Balaban J connectivity index is 2.49. The van der Waals surface area contributed by atoms with Gasteiger partial charge in [0.2, 0.25) is 0 Å². The van der Waals surface area contributed by atoms with Gasteiger partial charge in [0.05, 0.1) is 17.2 Å². The van der Waals surface area contributed by atoms with Crippen LogP contribution in [0.5, 0.6) is 0 Å². The van der Waals surface area contributed by atoms with E-state index < -0.39 is 23.7 Å². The summed E-state index contributed by atoms with van der Waals surface area (Å²) >= 11 is 5.73. The van der Waals surface area contributed by atoms with E-state index in [0.29, 0.717) is 18.4 Å². The fourth-order valence-electron chi connectivity index (χ4n) is 3.51. The molecule has 0 aromatic heterocycles. The van der Waals surface area contributed by atoms with E-state index in [0.717, 1.165) is 0 Å². The highest BCUT2D eigenvalue weighted by Crippen LogP contribution is 2.40. The van der Waals surface area contributed by atoms with Crippen LogP contribution in [0.2, 0.25) is 5.02 Å². The Labute approximate surface area is 144 Å². The highest BCUT2D eigenvalue weighted by molar-refractivity contribution is 6.30. The molecule has 1 aromatic carbocycles. The molecule has 0 spiro atoms. The molecular weight excluding hydrogens is 337 g/mol. The van der Waals surface area contributed by atoms with Crippen LogP contribution < -0.4 is 0 Å². The quantitative estimate of drug-likeness (QED) is 0.477. The average molecular weight is 356 g/mol. The number of aliphatic carboxylic acids is 1. The molecular formula is C16H19ClFN3O3. The predicted octanol–water partition coefficient (Wildman–Crippen LogP) is 4.53. The first-order valence-electron chi connectivity index (χ1n) is 7.71. The number of carbonyl (C=O) groups is 1. The van der Waals surface area contributed by atoms with Crippen molar-refractivity contribution in [1.29, 1.82) is 0 Å². The summed E-state index contributed by atoms with van der Waals surface area (Å²) in [6.45, 7) is 3.82. The van der Waals surface area contributed by atoms with E-state index in [9.17, 15) is 14.3 Å². The lowest BCUT2D eigenvalue weighted by Crippen LogP contribution is -2.38. The van der Waals surface area contributed by atoms with Crippen molar-refractivity contribution in [2.24, 2.45) is 11.0 Å². The number of halogens is 2. The van der Waals surface area contributed by atoms with Crippen molar-refractivity contribution >= 4 is 17.6 Å². The molecule has 8 heteroatoms. The second kappa shape index (κ2) is 7.83. The zero-order valence-electron chi connectivity index (χ0n) is 13.4. The number of benzene rings is 1. The maximum Gasteiger partial charge on any atom is 0.313 e.